The highest BCUT2D eigenvalue weighted by Crippen LogP contribution is 2.20. The molecule has 1 atom stereocenters. The van der Waals surface area contributed by atoms with Gasteiger partial charge in [0.1, 0.15) is 0 Å². The fourth-order valence-electron chi connectivity index (χ4n) is 2.61. The maximum Gasteiger partial charge on any atom is 0.223 e. The zero-order chi connectivity index (χ0) is 12.8. The predicted octanol–water partition coefficient (Wildman–Crippen LogP) is 3.58. The molecule has 1 amide bonds. The van der Waals surface area contributed by atoms with Gasteiger partial charge in [-0.05, 0) is 24.3 Å². The van der Waals surface area contributed by atoms with Crippen molar-refractivity contribution in [3.63, 3.8) is 0 Å². The van der Waals surface area contributed by atoms with Gasteiger partial charge < -0.3 is 4.90 Å². The van der Waals surface area contributed by atoms with Gasteiger partial charge in [0.05, 0.1) is 0 Å². The van der Waals surface area contributed by atoms with Crippen molar-refractivity contribution in [1.29, 1.82) is 0 Å². The molecular weight excluding hydrogens is 222 g/mol. The Balaban J connectivity index is 1.90. The number of rotatable bonds is 3. The molecule has 1 heterocycles. The highest BCUT2D eigenvalue weighted by atomic mass is 16.2. The van der Waals surface area contributed by atoms with Crippen LogP contribution in [0.3, 0.4) is 0 Å². The van der Waals surface area contributed by atoms with E-state index < -0.39 is 0 Å². The third kappa shape index (κ3) is 3.59. The van der Waals surface area contributed by atoms with Gasteiger partial charge in [-0.15, -0.1) is 0 Å². The largest absolute Gasteiger partial charge is 0.343 e. The molecule has 0 aromatic heterocycles. The SMILES string of the molecule is C[C@@H](CC(=O)N1CCCCCC1)c1ccccc1. The standard InChI is InChI=1S/C16H23NO/c1-14(15-9-5-4-6-10-15)13-16(18)17-11-7-2-3-8-12-17/h4-6,9-10,14H,2-3,7-8,11-13H2,1H3/t14-/m0/s1. The Morgan fingerprint density at radius 1 is 1.11 bits per heavy atom. The van der Waals surface area contributed by atoms with Gasteiger partial charge in [0.25, 0.3) is 0 Å². The Bertz CT molecular complexity index is 366. The number of hydrogen-bond donors (Lipinski definition) is 0. The highest BCUT2D eigenvalue weighted by molar-refractivity contribution is 5.77. The van der Waals surface area contributed by atoms with E-state index in [4.69, 9.17) is 0 Å². The number of carbonyl (C=O) groups is 1. The Hall–Kier alpha value is -1.31. The monoisotopic (exact) mass is 245 g/mol. The number of likely N-dealkylation sites (tertiary alicyclic amines) is 1. The molecule has 0 unspecified atom stereocenters. The lowest BCUT2D eigenvalue weighted by molar-refractivity contribution is -0.131. The molecule has 2 nitrogen and oxygen atoms in total. The first-order chi connectivity index (χ1) is 8.77. The molecule has 1 aromatic carbocycles. The van der Waals surface area contributed by atoms with E-state index in [9.17, 15) is 4.79 Å². The van der Waals surface area contributed by atoms with Gasteiger partial charge in [0.15, 0.2) is 0 Å². The van der Waals surface area contributed by atoms with Gasteiger partial charge in [-0.3, -0.25) is 4.79 Å². The van der Waals surface area contributed by atoms with E-state index in [2.05, 4.69) is 24.0 Å². The van der Waals surface area contributed by atoms with Crippen molar-refractivity contribution in [2.24, 2.45) is 0 Å². The van der Waals surface area contributed by atoms with Crippen LogP contribution in [0.25, 0.3) is 0 Å². The van der Waals surface area contributed by atoms with Crippen molar-refractivity contribution >= 4 is 5.91 Å². The van der Waals surface area contributed by atoms with Crippen LogP contribution in [0.4, 0.5) is 0 Å². The summed E-state index contributed by atoms with van der Waals surface area (Å²) in [5.74, 6) is 0.648. The van der Waals surface area contributed by atoms with Crippen molar-refractivity contribution in [1.82, 2.24) is 4.90 Å². The van der Waals surface area contributed by atoms with E-state index in [0.717, 1.165) is 13.1 Å². The second-order valence-corrected chi connectivity index (χ2v) is 5.31. The molecule has 0 spiro atoms. The number of carbonyl (C=O) groups excluding carboxylic acids is 1. The summed E-state index contributed by atoms with van der Waals surface area (Å²) in [4.78, 5) is 14.3. The van der Waals surface area contributed by atoms with Gasteiger partial charge in [-0.1, -0.05) is 50.1 Å². The molecule has 1 fully saturated rings. The summed E-state index contributed by atoms with van der Waals surface area (Å²) in [6, 6.07) is 10.3. The molecule has 0 radical (unpaired) electrons. The first-order valence-corrected chi connectivity index (χ1v) is 7.10. The average molecular weight is 245 g/mol. The summed E-state index contributed by atoms with van der Waals surface area (Å²) < 4.78 is 0. The molecule has 98 valence electrons. The van der Waals surface area contributed by atoms with Gasteiger partial charge in [-0.25, -0.2) is 0 Å². The van der Waals surface area contributed by atoms with E-state index in [-0.39, 0.29) is 0 Å². The number of nitrogens with zero attached hydrogens (tertiary/aromatic N) is 1. The number of amides is 1. The fourth-order valence-corrected chi connectivity index (χ4v) is 2.61. The summed E-state index contributed by atoms with van der Waals surface area (Å²) in [5, 5.41) is 0. The molecule has 0 saturated carbocycles. The molecule has 18 heavy (non-hydrogen) atoms. The summed E-state index contributed by atoms with van der Waals surface area (Å²) in [6.07, 6.45) is 5.54. The third-order valence-corrected chi connectivity index (χ3v) is 3.81. The predicted molar refractivity (Wildman–Crippen MR) is 74.5 cm³/mol. The Kier molecular flexibility index (Phi) is 4.80. The normalized spacial score (nSPS) is 18.2. The van der Waals surface area contributed by atoms with Gasteiger partial charge in [0.2, 0.25) is 5.91 Å². The summed E-state index contributed by atoms with van der Waals surface area (Å²) >= 11 is 0. The summed E-state index contributed by atoms with van der Waals surface area (Å²) in [6.45, 7) is 4.06. The molecule has 0 N–H and O–H groups in total. The van der Waals surface area contributed by atoms with Gasteiger partial charge in [0, 0.05) is 19.5 Å². The summed E-state index contributed by atoms with van der Waals surface area (Å²) in [7, 11) is 0. The lowest BCUT2D eigenvalue weighted by atomic mass is 9.97. The van der Waals surface area contributed by atoms with Crippen LogP contribution in [0, 0.1) is 0 Å². The number of benzene rings is 1. The molecule has 0 bridgehead atoms. The van der Waals surface area contributed by atoms with Crippen LogP contribution in [-0.2, 0) is 4.79 Å². The topological polar surface area (TPSA) is 20.3 Å². The Morgan fingerprint density at radius 2 is 1.72 bits per heavy atom. The lowest BCUT2D eigenvalue weighted by Crippen LogP contribution is -2.32. The molecule has 1 aliphatic rings. The van der Waals surface area contributed by atoms with E-state index in [1.165, 1.54) is 31.2 Å². The van der Waals surface area contributed by atoms with Gasteiger partial charge >= 0.3 is 0 Å². The van der Waals surface area contributed by atoms with E-state index in [1.807, 2.05) is 18.2 Å². The maximum absolute atomic E-state index is 12.3. The minimum atomic E-state index is 0.321. The van der Waals surface area contributed by atoms with E-state index in [1.54, 1.807) is 0 Å². The minimum Gasteiger partial charge on any atom is -0.343 e. The Labute approximate surface area is 110 Å². The molecule has 1 saturated heterocycles. The van der Waals surface area contributed by atoms with Crippen LogP contribution in [0.5, 0.6) is 0 Å². The molecule has 1 aliphatic heterocycles. The van der Waals surface area contributed by atoms with Crippen LogP contribution in [0.15, 0.2) is 30.3 Å². The smallest absolute Gasteiger partial charge is 0.223 e. The van der Waals surface area contributed by atoms with Gasteiger partial charge in [-0.2, -0.15) is 0 Å². The fraction of sp³-hybridized carbons (Fsp3) is 0.562. The van der Waals surface area contributed by atoms with E-state index >= 15 is 0 Å². The third-order valence-electron chi connectivity index (χ3n) is 3.81. The highest BCUT2D eigenvalue weighted by Gasteiger charge is 2.18. The first kappa shape index (κ1) is 13.1. The Morgan fingerprint density at radius 3 is 2.33 bits per heavy atom. The minimum absolute atomic E-state index is 0.321. The first-order valence-electron chi connectivity index (χ1n) is 7.10. The zero-order valence-corrected chi connectivity index (χ0v) is 11.3. The molecule has 1 aromatic rings. The van der Waals surface area contributed by atoms with Crippen LogP contribution in [-0.4, -0.2) is 23.9 Å². The lowest BCUT2D eigenvalue weighted by Gasteiger charge is -2.22. The molecule has 2 heteroatoms. The van der Waals surface area contributed by atoms with Crippen LogP contribution in [0.1, 0.15) is 50.5 Å². The average Bonchev–Trinajstić information content (AvgIpc) is 2.68. The quantitative estimate of drug-likeness (QED) is 0.797. The van der Waals surface area contributed by atoms with Crippen molar-refractivity contribution in [2.75, 3.05) is 13.1 Å². The number of hydrogen-bond acceptors (Lipinski definition) is 1. The van der Waals surface area contributed by atoms with Crippen molar-refractivity contribution in [2.45, 2.75) is 44.9 Å². The maximum atomic E-state index is 12.3. The molecule has 2 rings (SSSR count). The van der Waals surface area contributed by atoms with Crippen LogP contribution < -0.4 is 0 Å². The molecule has 0 aliphatic carbocycles. The molecular formula is C16H23NO. The zero-order valence-electron chi connectivity index (χ0n) is 11.3. The van der Waals surface area contributed by atoms with Crippen molar-refractivity contribution in [3.8, 4) is 0 Å². The summed E-state index contributed by atoms with van der Waals surface area (Å²) in [5.41, 5.74) is 1.26. The van der Waals surface area contributed by atoms with Crippen LogP contribution >= 0.6 is 0 Å². The second-order valence-electron chi connectivity index (χ2n) is 5.31. The van der Waals surface area contributed by atoms with Crippen molar-refractivity contribution in [3.05, 3.63) is 35.9 Å². The second kappa shape index (κ2) is 6.58. The van der Waals surface area contributed by atoms with Crippen LogP contribution in [0.2, 0.25) is 0 Å². The van der Waals surface area contributed by atoms with Crippen molar-refractivity contribution < 1.29 is 4.79 Å². The van der Waals surface area contributed by atoms with E-state index in [0.29, 0.717) is 18.2 Å².